The third kappa shape index (κ3) is 3.06. The fourth-order valence-corrected chi connectivity index (χ4v) is 1.82. The first kappa shape index (κ1) is 12.1. The minimum absolute atomic E-state index is 0.117. The van der Waals surface area contributed by atoms with Crippen LogP contribution >= 0.6 is 0 Å². The van der Waals surface area contributed by atoms with Crippen LogP contribution in [0.4, 0.5) is 0 Å². The molecule has 1 aromatic rings. The highest BCUT2D eigenvalue weighted by Gasteiger charge is 2.17. The van der Waals surface area contributed by atoms with E-state index in [2.05, 4.69) is 18.9 Å². The van der Waals surface area contributed by atoms with Gasteiger partial charge < -0.3 is 9.64 Å². The number of ether oxygens (including phenoxy) is 1. The molecule has 0 N–H and O–H groups in total. The second-order valence-electron chi connectivity index (χ2n) is 4.59. The van der Waals surface area contributed by atoms with Crippen molar-refractivity contribution in [2.45, 2.75) is 26.3 Å². The Morgan fingerprint density at radius 2 is 2.18 bits per heavy atom. The number of morpholine rings is 1. The third-order valence-electron chi connectivity index (χ3n) is 2.91. The highest BCUT2D eigenvalue weighted by atomic mass is 16.5. The standard InChI is InChI=1S/C12H19N3O2/c1-10(2)11-3-4-15(13-11)9-12(16)14-5-7-17-8-6-14/h3-4,10H,5-9H2,1-2H3. The molecule has 0 aromatic carbocycles. The lowest BCUT2D eigenvalue weighted by Crippen LogP contribution is -2.42. The summed E-state index contributed by atoms with van der Waals surface area (Å²) < 4.78 is 6.93. The molecule has 0 atom stereocenters. The highest BCUT2D eigenvalue weighted by Crippen LogP contribution is 2.10. The van der Waals surface area contributed by atoms with Gasteiger partial charge in [-0.1, -0.05) is 13.8 Å². The largest absolute Gasteiger partial charge is 0.378 e. The van der Waals surface area contributed by atoms with Crippen LogP contribution in [0.15, 0.2) is 12.3 Å². The lowest BCUT2D eigenvalue weighted by Gasteiger charge is -2.26. The van der Waals surface area contributed by atoms with E-state index in [-0.39, 0.29) is 5.91 Å². The number of rotatable bonds is 3. The van der Waals surface area contributed by atoms with E-state index in [1.54, 1.807) is 4.68 Å². The monoisotopic (exact) mass is 237 g/mol. The molecule has 1 aliphatic heterocycles. The van der Waals surface area contributed by atoms with Crippen LogP contribution in [0.25, 0.3) is 0 Å². The molecule has 94 valence electrons. The summed E-state index contributed by atoms with van der Waals surface area (Å²) in [5.74, 6) is 0.515. The Labute approximate surface area is 101 Å². The Morgan fingerprint density at radius 3 is 2.76 bits per heavy atom. The molecule has 0 aliphatic carbocycles. The smallest absolute Gasteiger partial charge is 0.244 e. The SMILES string of the molecule is CC(C)c1ccn(CC(=O)N2CCOCC2)n1. The van der Waals surface area contributed by atoms with Crippen molar-refractivity contribution in [3.63, 3.8) is 0 Å². The van der Waals surface area contributed by atoms with Crippen LogP contribution < -0.4 is 0 Å². The summed E-state index contributed by atoms with van der Waals surface area (Å²) in [6, 6.07) is 1.97. The number of hydrogen-bond donors (Lipinski definition) is 0. The number of carbonyl (C=O) groups excluding carboxylic acids is 1. The minimum Gasteiger partial charge on any atom is -0.378 e. The first-order chi connectivity index (χ1) is 8.16. The van der Waals surface area contributed by atoms with Gasteiger partial charge in [0.1, 0.15) is 6.54 Å². The quantitative estimate of drug-likeness (QED) is 0.783. The van der Waals surface area contributed by atoms with Crippen molar-refractivity contribution in [1.82, 2.24) is 14.7 Å². The van der Waals surface area contributed by atoms with E-state index in [1.807, 2.05) is 17.2 Å². The molecule has 0 spiro atoms. The number of hydrogen-bond acceptors (Lipinski definition) is 3. The normalized spacial score (nSPS) is 16.5. The van der Waals surface area contributed by atoms with Gasteiger partial charge in [0, 0.05) is 19.3 Å². The summed E-state index contributed by atoms with van der Waals surface area (Å²) >= 11 is 0. The van der Waals surface area contributed by atoms with Gasteiger partial charge in [0.2, 0.25) is 5.91 Å². The van der Waals surface area contributed by atoms with Crippen molar-refractivity contribution in [1.29, 1.82) is 0 Å². The van der Waals surface area contributed by atoms with Crippen LogP contribution in [0.2, 0.25) is 0 Å². The zero-order chi connectivity index (χ0) is 12.3. The molecule has 17 heavy (non-hydrogen) atoms. The number of nitrogens with zero attached hydrogens (tertiary/aromatic N) is 3. The number of aromatic nitrogens is 2. The molecular formula is C12H19N3O2. The van der Waals surface area contributed by atoms with Crippen LogP contribution in [0.3, 0.4) is 0 Å². The molecule has 1 amide bonds. The van der Waals surface area contributed by atoms with Gasteiger partial charge >= 0.3 is 0 Å². The second-order valence-corrected chi connectivity index (χ2v) is 4.59. The first-order valence-corrected chi connectivity index (χ1v) is 6.05. The van der Waals surface area contributed by atoms with Gasteiger partial charge in [0.25, 0.3) is 0 Å². The zero-order valence-electron chi connectivity index (χ0n) is 10.4. The van der Waals surface area contributed by atoms with E-state index >= 15 is 0 Å². The van der Waals surface area contributed by atoms with Gasteiger partial charge in [-0.05, 0) is 12.0 Å². The van der Waals surface area contributed by atoms with E-state index in [0.29, 0.717) is 38.8 Å². The zero-order valence-corrected chi connectivity index (χ0v) is 10.4. The highest BCUT2D eigenvalue weighted by molar-refractivity contribution is 5.75. The summed E-state index contributed by atoms with van der Waals surface area (Å²) in [5.41, 5.74) is 1.03. The Kier molecular flexibility index (Phi) is 3.78. The molecule has 0 saturated carbocycles. The summed E-state index contributed by atoms with van der Waals surface area (Å²) in [6.07, 6.45) is 1.87. The molecule has 1 fully saturated rings. The molecule has 5 nitrogen and oxygen atoms in total. The fourth-order valence-electron chi connectivity index (χ4n) is 1.82. The van der Waals surface area contributed by atoms with Crippen molar-refractivity contribution in [2.24, 2.45) is 0 Å². The van der Waals surface area contributed by atoms with E-state index in [4.69, 9.17) is 4.74 Å². The van der Waals surface area contributed by atoms with Crippen molar-refractivity contribution in [3.8, 4) is 0 Å². The fraction of sp³-hybridized carbons (Fsp3) is 0.667. The Hall–Kier alpha value is -1.36. The predicted molar refractivity (Wildman–Crippen MR) is 63.7 cm³/mol. The summed E-state index contributed by atoms with van der Waals surface area (Å²) in [6.45, 7) is 7.18. The van der Waals surface area contributed by atoms with Gasteiger partial charge in [-0.25, -0.2) is 0 Å². The maximum absolute atomic E-state index is 12.0. The van der Waals surface area contributed by atoms with Crippen molar-refractivity contribution < 1.29 is 9.53 Å². The van der Waals surface area contributed by atoms with Gasteiger partial charge in [-0.15, -0.1) is 0 Å². The molecule has 0 radical (unpaired) electrons. The lowest BCUT2D eigenvalue weighted by molar-refractivity contribution is -0.136. The topological polar surface area (TPSA) is 47.4 Å². The predicted octanol–water partition coefficient (Wildman–Crippen LogP) is 0.865. The second kappa shape index (κ2) is 5.31. The van der Waals surface area contributed by atoms with Gasteiger partial charge in [0.15, 0.2) is 0 Å². The molecule has 2 rings (SSSR count). The average Bonchev–Trinajstić information content (AvgIpc) is 2.79. The Bertz CT molecular complexity index is 381. The molecule has 1 saturated heterocycles. The van der Waals surface area contributed by atoms with E-state index in [9.17, 15) is 4.79 Å². The van der Waals surface area contributed by atoms with E-state index in [1.165, 1.54) is 0 Å². The van der Waals surface area contributed by atoms with Crippen LogP contribution in [0, 0.1) is 0 Å². The molecule has 1 aromatic heterocycles. The molecule has 0 unspecified atom stereocenters. The van der Waals surface area contributed by atoms with Crippen LogP contribution in [-0.2, 0) is 16.1 Å². The number of carbonyl (C=O) groups is 1. The van der Waals surface area contributed by atoms with Crippen LogP contribution in [0.1, 0.15) is 25.5 Å². The Morgan fingerprint density at radius 1 is 1.47 bits per heavy atom. The van der Waals surface area contributed by atoms with E-state index in [0.717, 1.165) is 5.69 Å². The third-order valence-corrected chi connectivity index (χ3v) is 2.91. The van der Waals surface area contributed by atoms with E-state index < -0.39 is 0 Å². The summed E-state index contributed by atoms with van der Waals surface area (Å²) in [4.78, 5) is 13.8. The molecule has 0 bridgehead atoms. The van der Waals surface area contributed by atoms with Crippen molar-refractivity contribution >= 4 is 5.91 Å². The van der Waals surface area contributed by atoms with Gasteiger partial charge in [-0.3, -0.25) is 9.48 Å². The Balaban J connectivity index is 1.92. The molecule has 2 heterocycles. The first-order valence-electron chi connectivity index (χ1n) is 6.05. The van der Waals surface area contributed by atoms with Crippen molar-refractivity contribution in [2.75, 3.05) is 26.3 Å². The van der Waals surface area contributed by atoms with Crippen LogP contribution in [-0.4, -0.2) is 46.9 Å². The molecular weight excluding hydrogens is 218 g/mol. The maximum Gasteiger partial charge on any atom is 0.244 e. The van der Waals surface area contributed by atoms with Crippen LogP contribution in [0.5, 0.6) is 0 Å². The lowest BCUT2D eigenvalue weighted by atomic mass is 10.1. The van der Waals surface area contributed by atoms with Crippen molar-refractivity contribution in [3.05, 3.63) is 18.0 Å². The minimum atomic E-state index is 0.117. The maximum atomic E-state index is 12.0. The number of amides is 1. The van der Waals surface area contributed by atoms with Gasteiger partial charge in [0.05, 0.1) is 18.9 Å². The summed E-state index contributed by atoms with van der Waals surface area (Å²) in [5, 5.41) is 4.38. The molecule has 1 aliphatic rings. The average molecular weight is 237 g/mol. The molecule has 5 heteroatoms. The van der Waals surface area contributed by atoms with Gasteiger partial charge in [-0.2, -0.15) is 5.10 Å². The summed E-state index contributed by atoms with van der Waals surface area (Å²) in [7, 11) is 0.